The third kappa shape index (κ3) is 3.27. The van der Waals surface area contributed by atoms with Crippen LogP contribution < -0.4 is 0 Å². The summed E-state index contributed by atoms with van der Waals surface area (Å²) in [7, 11) is 0. The van der Waals surface area contributed by atoms with E-state index in [0.29, 0.717) is 25.1 Å². The molecular formula is C14H19NO2S. The lowest BCUT2D eigenvalue weighted by Gasteiger charge is -2.22. The van der Waals surface area contributed by atoms with E-state index in [0.717, 1.165) is 17.7 Å². The van der Waals surface area contributed by atoms with Gasteiger partial charge in [0.1, 0.15) is 0 Å². The highest BCUT2D eigenvalue weighted by molar-refractivity contribution is 7.80. The van der Waals surface area contributed by atoms with Gasteiger partial charge in [0.05, 0.1) is 5.60 Å². The van der Waals surface area contributed by atoms with Gasteiger partial charge in [0.2, 0.25) is 0 Å². The molecule has 2 rings (SSSR count). The van der Waals surface area contributed by atoms with Gasteiger partial charge in [0.15, 0.2) is 0 Å². The Bertz CT molecular complexity index is 445. The van der Waals surface area contributed by atoms with Crippen molar-refractivity contribution in [1.29, 1.82) is 0 Å². The van der Waals surface area contributed by atoms with Gasteiger partial charge in [-0.25, -0.2) is 0 Å². The molecule has 18 heavy (non-hydrogen) atoms. The Kier molecular flexibility index (Phi) is 3.97. The van der Waals surface area contributed by atoms with Crippen molar-refractivity contribution < 1.29 is 9.90 Å². The smallest absolute Gasteiger partial charge is 0.253 e. The van der Waals surface area contributed by atoms with Crippen LogP contribution in [0.3, 0.4) is 0 Å². The molecule has 1 aromatic carbocycles. The zero-order valence-electron chi connectivity index (χ0n) is 10.6. The second-order valence-corrected chi connectivity index (χ2v) is 5.71. The van der Waals surface area contributed by atoms with Crippen molar-refractivity contribution in [3.63, 3.8) is 0 Å². The maximum Gasteiger partial charge on any atom is 0.253 e. The van der Waals surface area contributed by atoms with Crippen LogP contribution in [0.1, 0.15) is 36.5 Å². The van der Waals surface area contributed by atoms with Crippen LogP contribution >= 0.6 is 12.6 Å². The van der Waals surface area contributed by atoms with Crippen molar-refractivity contribution in [2.45, 2.75) is 36.7 Å². The van der Waals surface area contributed by atoms with Gasteiger partial charge in [0.25, 0.3) is 5.91 Å². The summed E-state index contributed by atoms with van der Waals surface area (Å²) < 4.78 is 0. The minimum absolute atomic E-state index is 0.0311. The number of benzene rings is 1. The number of carbonyl (C=O) groups is 1. The van der Waals surface area contributed by atoms with Crippen molar-refractivity contribution in [2.75, 3.05) is 13.1 Å². The molecule has 3 nitrogen and oxygen atoms in total. The van der Waals surface area contributed by atoms with Gasteiger partial charge in [-0.1, -0.05) is 6.07 Å². The van der Waals surface area contributed by atoms with E-state index >= 15 is 0 Å². The molecule has 1 aliphatic heterocycles. The third-order valence-electron chi connectivity index (χ3n) is 3.44. The molecule has 1 fully saturated rings. The summed E-state index contributed by atoms with van der Waals surface area (Å²) >= 11 is 4.25. The monoisotopic (exact) mass is 265 g/mol. The molecule has 1 atom stereocenters. The van der Waals surface area contributed by atoms with Crippen LogP contribution in [0.5, 0.6) is 0 Å². The molecule has 0 spiro atoms. The average molecular weight is 265 g/mol. The minimum Gasteiger partial charge on any atom is -0.390 e. The fraction of sp³-hybridized carbons (Fsp3) is 0.500. The van der Waals surface area contributed by atoms with Crippen LogP contribution in [0.25, 0.3) is 0 Å². The summed E-state index contributed by atoms with van der Waals surface area (Å²) in [5, 5.41) is 10.0. The first kappa shape index (κ1) is 13.4. The SMILES string of the molecule is CC1(O)CCCN(C(=O)c2cccc(S)c2)CC1. The van der Waals surface area contributed by atoms with Crippen LogP contribution in [0, 0.1) is 0 Å². The molecule has 1 amide bonds. The number of amides is 1. The Labute approximate surface area is 113 Å². The molecule has 1 aromatic rings. The second kappa shape index (κ2) is 5.33. The van der Waals surface area contributed by atoms with Gasteiger partial charge in [-0.3, -0.25) is 4.79 Å². The number of nitrogens with zero attached hydrogens (tertiary/aromatic N) is 1. The molecule has 1 unspecified atom stereocenters. The highest BCUT2D eigenvalue weighted by atomic mass is 32.1. The molecule has 0 aromatic heterocycles. The highest BCUT2D eigenvalue weighted by Gasteiger charge is 2.27. The summed E-state index contributed by atoms with van der Waals surface area (Å²) in [5.74, 6) is 0.0311. The van der Waals surface area contributed by atoms with Crippen LogP contribution in [0.4, 0.5) is 0 Å². The minimum atomic E-state index is -0.638. The van der Waals surface area contributed by atoms with E-state index in [2.05, 4.69) is 12.6 Å². The number of rotatable bonds is 1. The Balaban J connectivity index is 2.10. The Morgan fingerprint density at radius 3 is 2.89 bits per heavy atom. The number of likely N-dealkylation sites (tertiary alicyclic amines) is 1. The number of carbonyl (C=O) groups excluding carboxylic acids is 1. The molecule has 0 aliphatic carbocycles. The predicted molar refractivity (Wildman–Crippen MR) is 74.1 cm³/mol. The lowest BCUT2D eigenvalue weighted by molar-refractivity contribution is 0.0438. The molecule has 0 radical (unpaired) electrons. The number of hydrogen-bond acceptors (Lipinski definition) is 3. The van der Waals surface area contributed by atoms with E-state index in [9.17, 15) is 9.90 Å². The zero-order chi connectivity index (χ0) is 13.2. The molecular weight excluding hydrogens is 246 g/mol. The first-order valence-corrected chi connectivity index (χ1v) is 6.73. The predicted octanol–water partition coefficient (Wildman–Crippen LogP) is 2.35. The van der Waals surface area contributed by atoms with Crippen molar-refractivity contribution in [2.24, 2.45) is 0 Å². The maximum atomic E-state index is 12.3. The summed E-state index contributed by atoms with van der Waals surface area (Å²) in [6.45, 7) is 3.17. The van der Waals surface area contributed by atoms with Crippen LogP contribution in [-0.4, -0.2) is 34.6 Å². The van der Waals surface area contributed by atoms with Crippen molar-refractivity contribution >= 4 is 18.5 Å². The van der Waals surface area contributed by atoms with E-state index < -0.39 is 5.60 Å². The largest absolute Gasteiger partial charge is 0.390 e. The third-order valence-corrected chi connectivity index (χ3v) is 3.72. The van der Waals surface area contributed by atoms with Gasteiger partial charge < -0.3 is 10.0 Å². The average Bonchev–Trinajstić information content (AvgIpc) is 2.49. The van der Waals surface area contributed by atoms with Crippen LogP contribution in [0.2, 0.25) is 0 Å². The molecule has 1 N–H and O–H groups in total. The fourth-order valence-corrected chi connectivity index (χ4v) is 2.51. The van der Waals surface area contributed by atoms with E-state index in [4.69, 9.17) is 0 Å². The van der Waals surface area contributed by atoms with Crippen LogP contribution in [-0.2, 0) is 0 Å². The molecule has 1 aliphatic rings. The normalized spacial score (nSPS) is 24.7. The van der Waals surface area contributed by atoms with E-state index in [1.807, 2.05) is 30.0 Å². The van der Waals surface area contributed by atoms with Gasteiger partial charge in [-0.15, -0.1) is 12.6 Å². The van der Waals surface area contributed by atoms with Gasteiger partial charge in [-0.05, 0) is 44.4 Å². The maximum absolute atomic E-state index is 12.3. The standard InChI is InChI=1S/C14H19NO2S/c1-14(17)6-3-8-15(9-7-14)13(16)11-4-2-5-12(18)10-11/h2,4-5,10,17-18H,3,6-9H2,1H3. The number of thiol groups is 1. The highest BCUT2D eigenvalue weighted by Crippen LogP contribution is 2.22. The molecule has 1 heterocycles. The molecule has 1 saturated heterocycles. The van der Waals surface area contributed by atoms with E-state index in [1.54, 1.807) is 6.07 Å². The topological polar surface area (TPSA) is 40.5 Å². The zero-order valence-corrected chi connectivity index (χ0v) is 11.5. The molecule has 98 valence electrons. The quantitative estimate of drug-likeness (QED) is 0.765. The van der Waals surface area contributed by atoms with Crippen molar-refractivity contribution in [3.8, 4) is 0 Å². The number of aliphatic hydroxyl groups is 1. The second-order valence-electron chi connectivity index (χ2n) is 5.19. The van der Waals surface area contributed by atoms with Gasteiger partial charge >= 0.3 is 0 Å². The van der Waals surface area contributed by atoms with Gasteiger partial charge in [0, 0.05) is 23.5 Å². The van der Waals surface area contributed by atoms with E-state index in [1.165, 1.54) is 0 Å². The summed E-state index contributed by atoms with van der Waals surface area (Å²) in [6.07, 6.45) is 2.24. The lowest BCUT2D eigenvalue weighted by Crippen LogP contribution is -2.33. The van der Waals surface area contributed by atoms with Gasteiger partial charge in [-0.2, -0.15) is 0 Å². The number of hydrogen-bond donors (Lipinski definition) is 2. The Morgan fingerprint density at radius 2 is 2.17 bits per heavy atom. The lowest BCUT2D eigenvalue weighted by atomic mass is 9.98. The van der Waals surface area contributed by atoms with Crippen LogP contribution in [0.15, 0.2) is 29.2 Å². The first-order chi connectivity index (χ1) is 8.48. The fourth-order valence-electron chi connectivity index (χ4n) is 2.29. The Morgan fingerprint density at radius 1 is 1.39 bits per heavy atom. The summed E-state index contributed by atoms with van der Waals surface area (Å²) in [4.78, 5) is 14.9. The molecule has 0 bridgehead atoms. The van der Waals surface area contributed by atoms with Crippen molar-refractivity contribution in [3.05, 3.63) is 29.8 Å². The van der Waals surface area contributed by atoms with E-state index in [-0.39, 0.29) is 5.91 Å². The van der Waals surface area contributed by atoms with Crippen molar-refractivity contribution in [1.82, 2.24) is 4.90 Å². The molecule has 4 heteroatoms. The molecule has 0 saturated carbocycles. The Hall–Kier alpha value is -1.00. The summed E-state index contributed by atoms with van der Waals surface area (Å²) in [5.41, 5.74) is 0.0319. The first-order valence-electron chi connectivity index (χ1n) is 6.29. The summed E-state index contributed by atoms with van der Waals surface area (Å²) in [6, 6.07) is 7.29.